The summed E-state index contributed by atoms with van der Waals surface area (Å²) in [7, 11) is 0. The van der Waals surface area contributed by atoms with Gasteiger partial charge in [0.05, 0.1) is 5.92 Å². The van der Waals surface area contributed by atoms with Crippen LogP contribution < -0.4 is 0 Å². The molecule has 6 heteroatoms. The number of hydrogen-bond acceptors (Lipinski definition) is 5. The van der Waals surface area contributed by atoms with Crippen LogP contribution in [0.4, 0.5) is 0 Å². The largest absolute Gasteiger partial charge is 0.461 e. The first-order chi connectivity index (χ1) is 9.29. The van der Waals surface area contributed by atoms with Gasteiger partial charge in [-0.15, -0.1) is 0 Å². The molecule has 0 spiro atoms. The maximum absolute atomic E-state index is 11.7. The Morgan fingerprint density at radius 2 is 2.37 bits per heavy atom. The molecule has 1 aromatic heterocycles. The van der Waals surface area contributed by atoms with Crippen LogP contribution in [0.15, 0.2) is 11.5 Å². The zero-order valence-electron chi connectivity index (χ0n) is 11.3. The summed E-state index contributed by atoms with van der Waals surface area (Å²) in [6.07, 6.45) is 8.18. The Morgan fingerprint density at radius 1 is 1.47 bits per heavy atom. The van der Waals surface area contributed by atoms with Gasteiger partial charge in [0.25, 0.3) is 0 Å². The molecule has 0 aromatic carbocycles. The van der Waals surface area contributed by atoms with Gasteiger partial charge in [0.2, 0.25) is 0 Å². The second-order valence-corrected chi connectivity index (χ2v) is 5.95. The highest BCUT2D eigenvalue weighted by atomic mass is 32.2. The van der Waals surface area contributed by atoms with Crippen molar-refractivity contribution in [3.63, 3.8) is 0 Å². The van der Waals surface area contributed by atoms with Gasteiger partial charge in [-0.3, -0.25) is 9.89 Å². The summed E-state index contributed by atoms with van der Waals surface area (Å²) < 4.78 is 5.41. The van der Waals surface area contributed by atoms with E-state index in [1.165, 1.54) is 25.6 Å². The molecule has 1 fully saturated rings. The number of H-pyrrole nitrogens is 1. The maximum atomic E-state index is 11.7. The van der Waals surface area contributed by atoms with E-state index in [2.05, 4.69) is 22.1 Å². The number of nitrogens with zero attached hydrogens (tertiary/aromatic N) is 2. The maximum Gasteiger partial charge on any atom is 0.309 e. The molecule has 5 nitrogen and oxygen atoms in total. The Balaban J connectivity index is 1.66. The zero-order valence-corrected chi connectivity index (χ0v) is 12.1. The predicted molar refractivity (Wildman–Crippen MR) is 73.9 cm³/mol. The first-order valence-corrected chi connectivity index (χ1v) is 7.96. The first-order valence-electron chi connectivity index (χ1n) is 6.98. The molecular weight excluding hydrogens is 262 g/mol. The second-order valence-electron chi connectivity index (χ2n) is 4.94. The van der Waals surface area contributed by atoms with Gasteiger partial charge < -0.3 is 4.74 Å². The Morgan fingerprint density at radius 3 is 3.11 bits per heavy atom. The topological polar surface area (TPSA) is 67.9 Å². The van der Waals surface area contributed by atoms with Crippen molar-refractivity contribution in [2.75, 3.05) is 5.75 Å². The lowest BCUT2D eigenvalue weighted by molar-refractivity contribution is -0.143. The van der Waals surface area contributed by atoms with Crippen LogP contribution in [0.25, 0.3) is 0 Å². The number of esters is 1. The molecule has 0 bridgehead atoms. The van der Waals surface area contributed by atoms with E-state index >= 15 is 0 Å². The van der Waals surface area contributed by atoms with E-state index in [0.29, 0.717) is 0 Å². The summed E-state index contributed by atoms with van der Waals surface area (Å²) >= 11 is 1.55. The second kappa shape index (κ2) is 7.53. The number of unbranched alkanes of at least 4 members (excludes halogenated alkanes) is 3. The highest BCUT2D eigenvalue weighted by Crippen LogP contribution is 2.29. The third-order valence-electron chi connectivity index (χ3n) is 3.37. The SMILES string of the molecule is CCCCCC[C@H]1C[C@@H](CSc2ncn[nH]2)OC1=O. The minimum Gasteiger partial charge on any atom is -0.461 e. The molecule has 106 valence electrons. The van der Waals surface area contributed by atoms with Gasteiger partial charge in [-0.25, -0.2) is 4.98 Å². The van der Waals surface area contributed by atoms with E-state index in [1.54, 1.807) is 11.8 Å². The minimum atomic E-state index is -0.0142. The average Bonchev–Trinajstić information content (AvgIpc) is 3.02. The lowest BCUT2D eigenvalue weighted by Gasteiger charge is -2.06. The Bertz CT molecular complexity index is 383. The summed E-state index contributed by atoms with van der Waals surface area (Å²) in [6, 6.07) is 0. The van der Waals surface area contributed by atoms with E-state index in [4.69, 9.17) is 4.74 Å². The average molecular weight is 283 g/mol. The first kappa shape index (κ1) is 14.4. The monoisotopic (exact) mass is 283 g/mol. The van der Waals surface area contributed by atoms with Crippen LogP contribution in [0, 0.1) is 5.92 Å². The number of carbonyl (C=O) groups excluding carboxylic acids is 1. The van der Waals surface area contributed by atoms with Gasteiger partial charge in [-0.05, 0) is 12.8 Å². The van der Waals surface area contributed by atoms with Crippen molar-refractivity contribution >= 4 is 17.7 Å². The lowest BCUT2D eigenvalue weighted by atomic mass is 9.98. The van der Waals surface area contributed by atoms with Crippen molar-refractivity contribution in [3.05, 3.63) is 6.33 Å². The summed E-state index contributed by atoms with van der Waals surface area (Å²) in [5, 5.41) is 7.36. The molecule has 1 aliphatic rings. The molecule has 19 heavy (non-hydrogen) atoms. The highest BCUT2D eigenvalue weighted by molar-refractivity contribution is 7.99. The van der Waals surface area contributed by atoms with Crippen LogP contribution in [-0.4, -0.2) is 33.0 Å². The number of nitrogens with one attached hydrogen (secondary N) is 1. The fourth-order valence-electron chi connectivity index (χ4n) is 2.31. The van der Waals surface area contributed by atoms with E-state index < -0.39 is 0 Å². The number of ether oxygens (including phenoxy) is 1. The van der Waals surface area contributed by atoms with Crippen LogP contribution in [0.3, 0.4) is 0 Å². The van der Waals surface area contributed by atoms with E-state index in [-0.39, 0.29) is 18.0 Å². The van der Waals surface area contributed by atoms with Gasteiger partial charge in [0.1, 0.15) is 12.4 Å². The number of hydrogen-bond donors (Lipinski definition) is 1. The smallest absolute Gasteiger partial charge is 0.309 e. The summed E-state index contributed by atoms with van der Waals surface area (Å²) in [6.45, 7) is 2.20. The van der Waals surface area contributed by atoms with Crippen LogP contribution in [0.5, 0.6) is 0 Å². The number of rotatable bonds is 8. The number of carbonyl (C=O) groups is 1. The highest BCUT2D eigenvalue weighted by Gasteiger charge is 2.33. The van der Waals surface area contributed by atoms with E-state index in [9.17, 15) is 4.79 Å². The van der Waals surface area contributed by atoms with E-state index in [0.717, 1.165) is 30.2 Å². The van der Waals surface area contributed by atoms with Gasteiger partial charge >= 0.3 is 5.97 Å². The molecule has 2 atom stereocenters. The van der Waals surface area contributed by atoms with Gasteiger partial charge in [0.15, 0.2) is 5.16 Å². The Labute approximate surface area is 117 Å². The third kappa shape index (κ3) is 4.53. The summed E-state index contributed by atoms with van der Waals surface area (Å²) in [5.74, 6) is 0.851. The van der Waals surface area contributed by atoms with Crippen molar-refractivity contribution in [3.8, 4) is 0 Å². The van der Waals surface area contributed by atoms with Crippen LogP contribution in [0.2, 0.25) is 0 Å². The van der Waals surface area contributed by atoms with Crippen molar-refractivity contribution in [1.82, 2.24) is 15.2 Å². The molecule has 1 aliphatic heterocycles. The Hall–Kier alpha value is -1.04. The molecule has 0 radical (unpaired) electrons. The normalized spacial score (nSPS) is 22.7. The predicted octanol–water partition coefficient (Wildman–Crippen LogP) is 2.80. The number of aromatic amines is 1. The van der Waals surface area contributed by atoms with Crippen molar-refractivity contribution in [2.45, 2.75) is 56.7 Å². The van der Waals surface area contributed by atoms with Gasteiger partial charge in [0, 0.05) is 5.75 Å². The summed E-state index contributed by atoms with van der Waals surface area (Å²) in [5.41, 5.74) is 0. The number of thioether (sulfide) groups is 1. The molecule has 2 heterocycles. The molecule has 1 saturated heterocycles. The van der Waals surface area contributed by atoms with Gasteiger partial charge in [-0.1, -0.05) is 44.4 Å². The number of aromatic nitrogens is 3. The fourth-order valence-corrected chi connectivity index (χ4v) is 3.10. The molecule has 1 aromatic rings. The van der Waals surface area contributed by atoms with Crippen molar-refractivity contribution < 1.29 is 9.53 Å². The molecule has 0 saturated carbocycles. The molecule has 0 unspecified atom stereocenters. The molecule has 1 N–H and O–H groups in total. The van der Waals surface area contributed by atoms with Gasteiger partial charge in [-0.2, -0.15) is 5.10 Å². The standard InChI is InChI=1S/C13H21N3O2S/c1-2-3-4-5-6-10-7-11(18-12(10)17)8-19-13-14-9-15-16-13/h9-11H,2-8H2,1H3,(H,14,15,16)/t10-,11-/m0/s1. The molecular formula is C13H21N3O2S. The van der Waals surface area contributed by atoms with Crippen LogP contribution in [-0.2, 0) is 9.53 Å². The van der Waals surface area contributed by atoms with Crippen LogP contribution >= 0.6 is 11.8 Å². The fraction of sp³-hybridized carbons (Fsp3) is 0.769. The molecule has 0 amide bonds. The summed E-state index contributed by atoms with van der Waals surface area (Å²) in [4.78, 5) is 15.8. The third-order valence-corrected chi connectivity index (χ3v) is 4.38. The van der Waals surface area contributed by atoms with Crippen molar-refractivity contribution in [1.29, 1.82) is 0 Å². The quantitative estimate of drug-likeness (QED) is 0.451. The van der Waals surface area contributed by atoms with E-state index in [1.807, 2.05) is 0 Å². The lowest BCUT2D eigenvalue weighted by Crippen LogP contribution is -2.09. The Kier molecular flexibility index (Phi) is 5.69. The molecule has 2 rings (SSSR count). The number of cyclic esters (lactones) is 1. The van der Waals surface area contributed by atoms with Crippen molar-refractivity contribution in [2.24, 2.45) is 5.92 Å². The minimum absolute atomic E-state index is 0.0142. The zero-order chi connectivity index (χ0) is 13.5. The van der Waals surface area contributed by atoms with Crippen LogP contribution in [0.1, 0.15) is 45.4 Å². The molecule has 0 aliphatic carbocycles.